The topological polar surface area (TPSA) is 62.5 Å². The highest BCUT2D eigenvalue weighted by Crippen LogP contribution is 2.42. The first-order valence-corrected chi connectivity index (χ1v) is 4.52. The summed E-state index contributed by atoms with van der Waals surface area (Å²) in [7, 11) is 1.60. The highest BCUT2D eigenvalue weighted by Gasteiger charge is 2.49. The van der Waals surface area contributed by atoms with Crippen LogP contribution in [0.25, 0.3) is 0 Å². The van der Waals surface area contributed by atoms with Gasteiger partial charge >= 0.3 is 0 Å². The van der Waals surface area contributed by atoms with E-state index in [1.807, 2.05) is 0 Å². The molecule has 4 nitrogen and oxygen atoms in total. The molecule has 5 atom stereocenters. The minimum absolute atomic E-state index is 0.0181. The molecule has 0 aromatic heterocycles. The Morgan fingerprint density at radius 1 is 1.54 bits per heavy atom. The predicted octanol–water partition coefficient (Wildman–Crippen LogP) is 0.268. The quantitative estimate of drug-likeness (QED) is 0.633. The van der Waals surface area contributed by atoms with Crippen LogP contribution in [0.4, 0.5) is 0 Å². The van der Waals surface area contributed by atoms with E-state index in [2.05, 4.69) is 6.07 Å². The van der Waals surface area contributed by atoms with Gasteiger partial charge in [0, 0.05) is 25.9 Å². The van der Waals surface area contributed by atoms with Crippen LogP contribution in [0.5, 0.6) is 0 Å². The third-order valence-corrected chi connectivity index (χ3v) is 3.03. The first-order valence-electron chi connectivity index (χ1n) is 4.52. The van der Waals surface area contributed by atoms with Crippen LogP contribution in [0.1, 0.15) is 12.8 Å². The molecule has 1 saturated heterocycles. The van der Waals surface area contributed by atoms with Crippen molar-refractivity contribution in [3.8, 4) is 6.07 Å². The summed E-state index contributed by atoms with van der Waals surface area (Å²) in [5, 5.41) is 18.3. The van der Waals surface area contributed by atoms with Crippen molar-refractivity contribution < 1.29 is 14.6 Å². The van der Waals surface area contributed by atoms with Crippen molar-refractivity contribution in [3.05, 3.63) is 0 Å². The molecule has 0 radical (unpaired) electrons. The van der Waals surface area contributed by atoms with E-state index in [0.717, 1.165) is 6.42 Å². The van der Waals surface area contributed by atoms with Crippen molar-refractivity contribution in [3.63, 3.8) is 0 Å². The fourth-order valence-corrected chi connectivity index (χ4v) is 2.34. The number of hydrogen-bond acceptors (Lipinski definition) is 4. The van der Waals surface area contributed by atoms with Gasteiger partial charge in [0.15, 0.2) is 6.29 Å². The minimum atomic E-state index is -0.516. The molecule has 1 saturated carbocycles. The molecule has 1 N–H and O–H groups in total. The van der Waals surface area contributed by atoms with Gasteiger partial charge < -0.3 is 14.6 Å². The maximum atomic E-state index is 9.51. The summed E-state index contributed by atoms with van der Waals surface area (Å²) in [5.74, 6) is -0.116. The van der Waals surface area contributed by atoms with Crippen LogP contribution in [0, 0.1) is 23.2 Å². The second kappa shape index (κ2) is 3.26. The van der Waals surface area contributed by atoms with Gasteiger partial charge in [0.05, 0.1) is 24.2 Å². The van der Waals surface area contributed by atoms with Crippen molar-refractivity contribution in [2.45, 2.75) is 31.3 Å². The predicted molar refractivity (Wildman–Crippen MR) is 43.5 cm³/mol. The number of methoxy groups -OCH3 is 1. The smallest absolute Gasteiger partial charge is 0.157 e. The number of aliphatic hydroxyl groups excluding tert-OH is 1. The Bertz CT molecular complexity index is 238. The zero-order valence-electron chi connectivity index (χ0n) is 7.51. The van der Waals surface area contributed by atoms with Crippen molar-refractivity contribution in [2.75, 3.05) is 7.11 Å². The number of fused-ring (bicyclic) bond motifs is 1. The highest BCUT2D eigenvalue weighted by molar-refractivity contribution is 5.04. The SMILES string of the molecule is COC1CC2C(CC(O)C2C#N)O1. The van der Waals surface area contributed by atoms with Crippen molar-refractivity contribution in [2.24, 2.45) is 11.8 Å². The third kappa shape index (κ3) is 1.33. The molecule has 0 bridgehead atoms. The number of nitrogens with zero attached hydrogens (tertiary/aromatic N) is 1. The van der Waals surface area contributed by atoms with E-state index < -0.39 is 6.10 Å². The molecular weight excluding hydrogens is 170 g/mol. The summed E-state index contributed by atoms with van der Waals surface area (Å²) < 4.78 is 10.6. The Morgan fingerprint density at radius 3 is 2.92 bits per heavy atom. The van der Waals surface area contributed by atoms with Gasteiger partial charge in [0.25, 0.3) is 0 Å². The molecule has 1 heterocycles. The molecule has 2 fully saturated rings. The first kappa shape index (κ1) is 8.95. The lowest BCUT2D eigenvalue weighted by Crippen LogP contribution is -2.19. The lowest BCUT2D eigenvalue weighted by atomic mass is 9.93. The fourth-order valence-electron chi connectivity index (χ4n) is 2.34. The standard InChI is InChI=1S/C9H13NO3/c1-12-9-2-5-6(4-10)7(11)3-8(5)13-9/h5-9,11H,2-3H2,1H3. The Hall–Kier alpha value is -0.630. The Morgan fingerprint density at radius 2 is 2.31 bits per heavy atom. The summed E-state index contributed by atoms with van der Waals surface area (Å²) in [5.41, 5.74) is 0. The Balaban J connectivity index is 2.07. The van der Waals surface area contributed by atoms with Crippen LogP contribution in [0.3, 0.4) is 0 Å². The largest absolute Gasteiger partial charge is 0.392 e. The second-order valence-electron chi connectivity index (χ2n) is 3.70. The van der Waals surface area contributed by atoms with Gasteiger partial charge in [-0.25, -0.2) is 0 Å². The molecule has 0 amide bonds. The normalized spacial score (nSPS) is 48.8. The first-order chi connectivity index (χ1) is 6.26. The summed E-state index contributed by atoms with van der Waals surface area (Å²) in [6.45, 7) is 0. The van der Waals surface area contributed by atoms with Gasteiger partial charge in [-0.15, -0.1) is 0 Å². The van der Waals surface area contributed by atoms with Gasteiger partial charge in [-0.1, -0.05) is 0 Å². The maximum absolute atomic E-state index is 9.51. The van der Waals surface area contributed by atoms with E-state index in [4.69, 9.17) is 14.7 Å². The Labute approximate surface area is 77.1 Å². The number of rotatable bonds is 1. The molecule has 13 heavy (non-hydrogen) atoms. The van der Waals surface area contributed by atoms with Crippen molar-refractivity contribution >= 4 is 0 Å². The molecule has 5 unspecified atom stereocenters. The van der Waals surface area contributed by atoms with E-state index in [1.54, 1.807) is 7.11 Å². The number of aliphatic hydroxyl groups is 1. The highest BCUT2D eigenvalue weighted by atomic mass is 16.7. The molecule has 72 valence electrons. The molecule has 1 aliphatic heterocycles. The summed E-state index contributed by atoms with van der Waals surface area (Å²) in [6.07, 6.45) is 0.625. The molecule has 0 spiro atoms. The van der Waals surface area contributed by atoms with Crippen LogP contribution in [-0.2, 0) is 9.47 Å². The third-order valence-electron chi connectivity index (χ3n) is 3.03. The number of hydrogen-bond donors (Lipinski definition) is 1. The van der Waals surface area contributed by atoms with E-state index >= 15 is 0 Å². The van der Waals surface area contributed by atoms with E-state index in [0.29, 0.717) is 6.42 Å². The summed E-state index contributed by atoms with van der Waals surface area (Å²) in [4.78, 5) is 0. The second-order valence-corrected chi connectivity index (χ2v) is 3.70. The molecule has 1 aliphatic carbocycles. The molecule has 2 aliphatic rings. The summed E-state index contributed by atoms with van der Waals surface area (Å²) >= 11 is 0. The van der Waals surface area contributed by atoms with Crippen LogP contribution in [0.15, 0.2) is 0 Å². The minimum Gasteiger partial charge on any atom is -0.392 e. The van der Waals surface area contributed by atoms with Gasteiger partial charge in [-0.05, 0) is 0 Å². The van der Waals surface area contributed by atoms with Gasteiger partial charge in [0.2, 0.25) is 0 Å². The van der Waals surface area contributed by atoms with Crippen LogP contribution < -0.4 is 0 Å². The average molecular weight is 183 g/mol. The van der Waals surface area contributed by atoms with Crippen LogP contribution in [0.2, 0.25) is 0 Å². The van der Waals surface area contributed by atoms with Crippen molar-refractivity contribution in [1.29, 1.82) is 5.26 Å². The van der Waals surface area contributed by atoms with Crippen LogP contribution in [-0.4, -0.2) is 30.7 Å². The number of nitriles is 1. The lowest BCUT2D eigenvalue weighted by molar-refractivity contribution is -0.118. The molecule has 4 heteroatoms. The molecule has 0 aromatic carbocycles. The molecular formula is C9H13NO3. The van der Waals surface area contributed by atoms with E-state index in [-0.39, 0.29) is 24.2 Å². The van der Waals surface area contributed by atoms with Crippen molar-refractivity contribution in [1.82, 2.24) is 0 Å². The zero-order valence-corrected chi connectivity index (χ0v) is 7.51. The van der Waals surface area contributed by atoms with Gasteiger partial charge in [0.1, 0.15) is 0 Å². The van der Waals surface area contributed by atoms with E-state index in [1.165, 1.54) is 0 Å². The average Bonchev–Trinajstić information content (AvgIpc) is 2.60. The Kier molecular flexibility index (Phi) is 2.24. The van der Waals surface area contributed by atoms with Gasteiger partial charge in [-0.3, -0.25) is 0 Å². The summed E-state index contributed by atoms with van der Waals surface area (Å²) in [6, 6.07) is 2.14. The molecule has 0 aromatic rings. The number of ether oxygens (including phenoxy) is 2. The fraction of sp³-hybridized carbons (Fsp3) is 0.889. The van der Waals surface area contributed by atoms with E-state index in [9.17, 15) is 5.11 Å². The maximum Gasteiger partial charge on any atom is 0.157 e. The van der Waals surface area contributed by atoms with Gasteiger partial charge in [-0.2, -0.15) is 5.26 Å². The van der Waals surface area contributed by atoms with Crippen LogP contribution >= 0.6 is 0 Å². The monoisotopic (exact) mass is 183 g/mol. The molecule has 2 rings (SSSR count). The zero-order chi connectivity index (χ0) is 9.42. The lowest BCUT2D eigenvalue weighted by Gasteiger charge is -2.12.